The zero-order valence-corrected chi connectivity index (χ0v) is 11.4. The maximum atomic E-state index is 13.2. The van der Waals surface area contributed by atoms with Crippen molar-refractivity contribution >= 4 is 22.5 Å². The summed E-state index contributed by atoms with van der Waals surface area (Å²) in [5.74, 6) is -0.326. The van der Waals surface area contributed by atoms with E-state index in [1.54, 1.807) is 23.7 Å². The molecule has 0 aliphatic rings. The Morgan fingerprint density at radius 2 is 2.21 bits per heavy atom. The van der Waals surface area contributed by atoms with Crippen molar-refractivity contribution in [2.45, 2.75) is 19.4 Å². The molecule has 0 aliphatic carbocycles. The van der Waals surface area contributed by atoms with Gasteiger partial charge in [-0.2, -0.15) is 0 Å². The van der Waals surface area contributed by atoms with Gasteiger partial charge in [-0.3, -0.25) is 5.32 Å². The molecule has 2 rings (SSSR count). The number of carbonyl (C=O) groups excluding carboxylic acids is 1. The minimum absolute atomic E-state index is 0.326. The molecule has 0 unspecified atom stereocenters. The van der Waals surface area contributed by atoms with E-state index in [1.165, 1.54) is 23.5 Å². The Morgan fingerprint density at radius 1 is 1.42 bits per heavy atom. The SMILES string of the molecule is CC(C)(NC(=O)Nc1nccs1)c1cccc(F)c1. The Kier molecular flexibility index (Phi) is 3.80. The molecule has 1 aromatic heterocycles. The summed E-state index contributed by atoms with van der Waals surface area (Å²) < 4.78 is 13.2. The van der Waals surface area contributed by atoms with Gasteiger partial charge in [0.1, 0.15) is 5.82 Å². The van der Waals surface area contributed by atoms with Gasteiger partial charge in [0.25, 0.3) is 0 Å². The van der Waals surface area contributed by atoms with Crippen LogP contribution in [0.1, 0.15) is 19.4 Å². The van der Waals surface area contributed by atoms with E-state index < -0.39 is 5.54 Å². The minimum Gasteiger partial charge on any atom is -0.329 e. The molecule has 0 atom stereocenters. The predicted octanol–water partition coefficient (Wildman–Crippen LogP) is 3.34. The second-order valence-corrected chi connectivity index (χ2v) is 5.45. The van der Waals surface area contributed by atoms with Crippen molar-refractivity contribution in [3.63, 3.8) is 0 Å². The molecule has 6 heteroatoms. The van der Waals surface area contributed by atoms with E-state index in [2.05, 4.69) is 15.6 Å². The van der Waals surface area contributed by atoms with Crippen molar-refractivity contribution in [1.29, 1.82) is 0 Å². The van der Waals surface area contributed by atoms with Gasteiger partial charge in [0.05, 0.1) is 5.54 Å². The van der Waals surface area contributed by atoms with Crippen LogP contribution in [0.25, 0.3) is 0 Å². The van der Waals surface area contributed by atoms with E-state index in [4.69, 9.17) is 0 Å². The van der Waals surface area contributed by atoms with Crippen LogP contribution in [-0.2, 0) is 5.54 Å². The summed E-state index contributed by atoms with van der Waals surface area (Å²) in [5, 5.41) is 7.71. The quantitative estimate of drug-likeness (QED) is 0.905. The number of nitrogens with one attached hydrogen (secondary N) is 2. The van der Waals surface area contributed by atoms with E-state index in [9.17, 15) is 9.18 Å². The molecule has 1 heterocycles. The average Bonchev–Trinajstić information content (AvgIpc) is 2.81. The molecular weight excluding hydrogens is 265 g/mol. The number of halogens is 1. The first-order valence-electron chi connectivity index (χ1n) is 5.72. The van der Waals surface area contributed by atoms with Crippen LogP contribution in [0.2, 0.25) is 0 Å². The van der Waals surface area contributed by atoms with Gasteiger partial charge in [-0.25, -0.2) is 14.2 Å². The molecule has 2 aromatic rings. The van der Waals surface area contributed by atoms with Crippen molar-refractivity contribution in [2.24, 2.45) is 0 Å². The topological polar surface area (TPSA) is 54.0 Å². The number of aromatic nitrogens is 1. The Hall–Kier alpha value is -1.95. The number of thiazole rings is 1. The first-order valence-corrected chi connectivity index (χ1v) is 6.60. The van der Waals surface area contributed by atoms with Crippen LogP contribution in [-0.4, -0.2) is 11.0 Å². The summed E-state index contributed by atoms with van der Waals surface area (Å²) in [5.41, 5.74) is 0.0190. The maximum Gasteiger partial charge on any atom is 0.321 e. The van der Waals surface area contributed by atoms with Crippen LogP contribution in [0.3, 0.4) is 0 Å². The number of benzene rings is 1. The Morgan fingerprint density at radius 3 is 2.84 bits per heavy atom. The van der Waals surface area contributed by atoms with E-state index in [-0.39, 0.29) is 11.8 Å². The molecule has 2 amide bonds. The monoisotopic (exact) mass is 279 g/mol. The fourth-order valence-electron chi connectivity index (χ4n) is 1.65. The first kappa shape index (κ1) is 13.5. The molecule has 1 aromatic carbocycles. The third-order valence-electron chi connectivity index (χ3n) is 2.63. The fourth-order valence-corrected chi connectivity index (χ4v) is 2.17. The summed E-state index contributed by atoms with van der Waals surface area (Å²) >= 11 is 1.33. The largest absolute Gasteiger partial charge is 0.329 e. The van der Waals surface area contributed by atoms with Gasteiger partial charge in [0.2, 0.25) is 0 Å². The van der Waals surface area contributed by atoms with Gasteiger partial charge in [-0.15, -0.1) is 11.3 Å². The molecule has 100 valence electrons. The van der Waals surface area contributed by atoms with E-state index in [0.717, 1.165) is 0 Å². The molecule has 2 N–H and O–H groups in total. The summed E-state index contributed by atoms with van der Waals surface area (Å²) in [6, 6.07) is 5.79. The molecule has 0 fully saturated rings. The standard InChI is InChI=1S/C13H14FN3OS/c1-13(2,9-4-3-5-10(14)8-9)17-11(18)16-12-15-6-7-19-12/h3-8H,1-2H3,(H2,15,16,17,18). The van der Waals surface area contributed by atoms with E-state index >= 15 is 0 Å². The lowest BCUT2D eigenvalue weighted by atomic mass is 9.94. The molecule has 0 saturated carbocycles. The molecule has 19 heavy (non-hydrogen) atoms. The van der Waals surface area contributed by atoms with Crippen LogP contribution >= 0.6 is 11.3 Å². The zero-order chi connectivity index (χ0) is 13.9. The van der Waals surface area contributed by atoms with Crippen LogP contribution in [0.4, 0.5) is 14.3 Å². The minimum atomic E-state index is -0.677. The predicted molar refractivity (Wildman–Crippen MR) is 73.7 cm³/mol. The lowest BCUT2D eigenvalue weighted by Gasteiger charge is -2.26. The third-order valence-corrected chi connectivity index (χ3v) is 3.31. The van der Waals surface area contributed by atoms with E-state index in [0.29, 0.717) is 10.7 Å². The molecule has 0 bridgehead atoms. The van der Waals surface area contributed by atoms with Gasteiger partial charge in [0.15, 0.2) is 5.13 Å². The van der Waals surface area contributed by atoms with Gasteiger partial charge < -0.3 is 5.32 Å². The first-order chi connectivity index (χ1) is 8.97. The Balaban J connectivity index is 2.06. The normalized spacial score (nSPS) is 11.1. The second-order valence-electron chi connectivity index (χ2n) is 4.55. The highest BCUT2D eigenvalue weighted by atomic mass is 32.1. The van der Waals surface area contributed by atoms with Crippen molar-refractivity contribution in [2.75, 3.05) is 5.32 Å². The summed E-state index contributed by atoms with van der Waals surface area (Å²) in [7, 11) is 0. The number of hydrogen-bond acceptors (Lipinski definition) is 3. The molecule has 4 nitrogen and oxygen atoms in total. The molecular formula is C13H14FN3OS. The number of amides is 2. The van der Waals surface area contributed by atoms with Crippen LogP contribution in [0.15, 0.2) is 35.8 Å². The van der Waals surface area contributed by atoms with Crippen molar-refractivity contribution in [1.82, 2.24) is 10.3 Å². The second kappa shape index (κ2) is 5.36. The number of hydrogen-bond donors (Lipinski definition) is 2. The average molecular weight is 279 g/mol. The highest BCUT2D eigenvalue weighted by Crippen LogP contribution is 2.21. The van der Waals surface area contributed by atoms with Crippen LogP contribution < -0.4 is 10.6 Å². The van der Waals surface area contributed by atoms with Gasteiger partial charge >= 0.3 is 6.03 Å². The molecule has 0 saturated heterocycles. The number of carbonyl (C=O) groups is 1. The summed E-state index contributed by atoms with van der Waals surface area (Å²) in [6.45, 7) is 3.62. The highest BCUT2D eigenvalue weighted by molar-refractivity contribution is 7.13. The summed E-state index contributed by atoms with van der Waals surface area (Å²) in [6.07, 6.45) is 1.61. The fraction of sp³-hybridized carbons (Fsp3) is 0.231. The van der Waals surface area contributed by atoms with Gasteiger partial charge in [-0.1, -0.05) is 12.1 Å². The summed E-state index contributed by atoms with van der Waals surface area (Å²) in [4.78, 5) is 15.8. The zero-order valence-electron chi connectivity index (χ0n) is 10.6. The van der Waals surface area contributed by atoms with Crippen molar-refractivity contribution in [3.05, 3.63) is 47.2 Å². The highest BCUT2D eigenvalue weighted by Gasteiger charge is 2.23. The van der Waals surface area contributed by atoms with Crippen LogP contribution in [0, 0.1) is 5.82 Å². The Labute approximate surface area is 114 Å². The molecule has 0 radical (unpaired) electrons. The van der Waals surface area contributed by atoms with E-state index in [1.807, 2.05) is 13.8 Å². The third kappa shape index (κ3) is 3.51. The lowest BCUT2D eigenvalue weighted by Crippen LogP contribution is -2.43. The number of urea groups is 1. The maximum absolute atomic E-state index is 13.2. The molecule has 0 aliphatic heterocycles. The van der Waals surface area contributed by atoms with Crippen molar-refractivity contribution < 1.29 is 9.18 Å². The number of nitrogens with zero attached hydrogens (tertiary/aromatic N) is 1. The smallest absolute Gasteiger partial charge is 0.321 e. The number of anilines is 1. The van der Waals surface area contributed by atoms with Crippen LogP contribution in [0.5, 0.6) is 0 Å². The number of rotatable bonds is 3. The van der Waals surface area contributed by atoms with Crippen molar-refractivity contribution in [3.8, 4) is 0 Å². The van der Waals surface area contributed by atoms with Gasteiger partial charge in [-0.05, 0) is 31.5 Å². The van der Waals surface area contributed by atoms with Gasteiger partial charge in [0, 0.05) is 11.6 Å². The molecule has 0 spiro atoms. The Bertz CT molecular complexity index is 569. The lowest BCUT2D eigenvalue weighted by molar-refractivity contribution is 0.241.